The molecular formula is C21H24BFO4. The van der Waals surface area contributed by atoms with E-state index in [0.29, 0.717) is 18.8 Å². The Morgan fingerprint density at radius 3 is 2.52 bits per heavy atom. The van der Waals surface area contributed by atoms with Gasteiger partial charge in [0.1, 0.15) is 30.0 Å². The summed E-state index contributed by atoms with van der Waals surface area (Å²) in [5, 5.41) is 0. The van der Waals surface area contributed by atoms with Gasteiger partial charge in [-0.25, -0.2) is 4.39 Å². The van der Waals surface area contributed by atoms with E-state index in [-0.39, 0.29) is 11.9 Å². The van der Waals surface area contributed by atoms with Gasteiger partial charge in [0.05, 0.1) is 11.2 Å². The SMILES string of the molecule is CC1(C)OB(c2ccccc2OCC2Cc3cc(F)ccc3O2)OC1(C)C. The molecule has 1 unspecified atom stereocenters. The molecule has 1 fully saturated rings. The van der Waals surface area contributed by atoms with E-state index >= 15 is 0 Å². The monoisotopic (exact) mass is 370 g/mol. The van der Waals surface area contributed by atoms with E-state index in [1.54, 1.807) is 6.07 Å². The Bertz CT molecular complexity index is 836. The van der Waals surface area contributed by atoms with Gasteiger partial charge in [0.2, 0.25) is 0 Å². The smallest absolute Gasteiger partial charge is 0.490 e. The summed E-state index contributed by atoms with van der Waals surface area (Å²) in [7, 11) is -0.484. The fourth-order valence-corrected chi connectivity index (χ4v) is 3.34. The first-order valence-corrected chi connectivity index (χ1v) is 9.28. The Morgan fingerprint density at radius 2 is 1.78 bits per heavy atom. The molecule has 0 N–H and O–H groups in total. The molecule has 2 aliphatic rings. The van der Waals surface area contributed by atoms with Crippen molar-refractivity contribution in [3.8, 4) is 11.5 Å². The number of halogens is 1. The maximum absolute atomic E-state index is 13.4. The van der Waals surface area contributed by atoms with Gasteiger partial charge < -0.3 is 18.8 Å². The number of hydrogen-bond acceptors (Lipinski definition) is 4. The lowest BCUT2D eigenvalue weighted by atomic mass is 9.78. The van der Waals surface area contributed by atoms with Gasteiger partial charge in [-0.3, -0.25) is 0 Å². The lowest BCUT2D eigenvalue weighted by molar-refractivity contribution is 0.00578. The quantitative estimate of drug-likeness (QED) is 0.772. The summed E-state index contributed by atoms with van der Waals surface area (Å²) >= 11 is 0. The standard InChI is InChI=1S/C21H24BFO4/c1-20(2)21(3,4)27-22(26-20)17-7-5-6-8-19(17)24-13-16-12-14-11-15(23)9-10-18(14)25-16/h5-11,16H,12-13H2,1-4H3. The topological polar surface area (TPSA) is 36.9 Å². The Hall–Kier alpha value is -2.05. The van der Waals surface area contributed by atoms with Crippen LogP contribution in [0.2, 0.25) is 0 Å². The molecule has 4 rings (SSSR count). The highest BCUT2D eigenvalue weighted by Crippen LogP contribution is 2.37. The van der Waals surface area contributed by atoms with Crippen LogP contribution >= 0.6 is 0 Å². The molecule has 0 aromatic heterocycles. The van der Waals surface area contributed by atoms with Crippen LogP contribution in [0, 0.1) is 5.82 Å². The summed E-state index contributed by atoms with van der Waals surface area (Å²) < 4.78 is 37.6. The lowest BCUT2D eigenvalue weighted by Gasteiger charge is -2.32. The van der Waals surface area contributed by atoms with Gasteiger partial charge in [0.25, 0.3) is 0 Å². The molecule has 0 amide bonds. The van der Waals surface area contributed by atoms with Crippen LogP contribution in [0.1, 0.15) is 33.3 Å². The average Bonchev–Trinajstić information content (AvgIpc) is 3.10. The van der Waals surface area contributed by atoms with Crippen molar-refractivity contribution in [3.05, 3.63) is 53.8 Å². The molecule has 0 spiro atoms. The molecule has 0 aliphatic carbocycles. The molecule has 2 aromatic rings. The minimum absolute atomic E-state index is 0.145. The summed E-state index contributed by atoms with van der Waals surface area (Å²) in [4.78, 5) is 0. The fourth-order valence-electron chi connectivity index (χ4n) is 3.34. The van der Waals surface area contributed by atoms with Crippen LogP contribution in [-0.4, -0.2) is 31.0 Å². The Kier molecular flexibility index (Phi) is 4.43. The van der Waals surface area contributed by atoms with Crippen molar-refractivity contribution < 1.29 is 23.2 Å². The maximum atomic E-state index is 13.4. The number of hydrogen-bond donors (Lipinski definition) is 0. The van der Waals surface area contributed by atoms with Gasteiger partial charge in [-0.15, -0.1) is 0 Å². The molecule has 0 bridgehead atoms. The molecule has 6 heteroatoms. The van der Waals surface area contributed by atoms with E-state index in [2.05, 4.69) is 0 Å². The van der Waals surface area contributed by atoms with Crippen LogP contribution in [0.4, 0.5) is 4.39 Å². The predicted molar refractivity (Wildman–Crippen MR) is 102 cm³/mol. The fraction of sp³-hybridized carbons (Fsp3) is 0.429. The molecule has 2 heterocycles. The molecule has 2 aliphatic heterocycles. The van der Waals surface area contributed by atoms with E-state index in [4.69, 9.17) is 18.8 Å². The van der Waals surface area contributed by atoms with Crippen molar-refractivity contribution >= 4 is 12.6 Å². The average molecular weight is 370 g/mol. The number of rotatable bonds is 4. The molecule has 4 nitrogen and oxygen atoms in total. The van der Waals surface area contributed by atoms with Gasteiger partial charge in [-0.05, 0) is 52.0 Å². The maximum Gasteiger partial charge on any atom is 0.498 e. The molecule has 2 aromatic carbocycles. The van der Waals surface area contributed by atoms with E-state index in [9.17, 15) is 4.39 Å². The van der Waals surface area contributed by atoms with Crippen LogP contribution in [0.3, 0.4) is 0 Å². The largest absolute Gasteiger partial charge is 0.498 e. The minimum atomic E-state index is -0.484. The van der Waals surface area contributed by atoms with Crippen LogP contribution in [0.25, 0.3) is 0 Å². The third kappa shape index (κ3) is 3.44. The van der Waals surface area contributed by atoms with Crippen molar-refractivity contribution in [2.24, 2.45) is 0 Å². The predicted octanol–water partition coefficient (Wildman–Crippen LogP) is 3.51. The van der Waals surface area contributed by atoms with Gasteiger partial charge in [-0.1, -0.05) is 18.2 Å². The summed E-state index contributed by atoms with van der Waals surface area (Å²) in [6, 6.07) is 12.3. The van der Waals surface area contributed by atoms with E-state index in [1.807, 2.05) is 52.0 Å². The number of ether oxygens (including phenoxy) is 2. The van der Waals surface area contributed by atoms with Crippen molar-refractivity contribution in [1.82, 2.24) is 0 Å². The summed E-state index contributed by atoms with van der Waals surface area (Å²) in [6.45, 7) is 8.48. The zero-order valence-corrected chi connectivity index (χ0v) is 16.1. The first kappa shape index (κ1) is 18.3. The van der Waals surface area contributed by atoms with E-state index < -0.39 is 18.3 Å². The molecule has 1 saturated heterocycles. The highest BCUT2D eigenvalue weighted by Gasteiger charge is 2.52. The van der Waals surface area contributed by atoms with Crippen molar-refractivity contribution in [2.45, 2.75) is 51.4 Å². The molecular weight excluding hydrogens is 346 g/mol. The van der Waals surface area contributed by atoms with Crippen molar-refractivity contribution in [1.29, 1.82) is 0 Å². The Morgan fingerprint density at radius 1 is 1.07 bits per heavy atom. The van der Waals surface area contributed by atoms with Gasteiger partial charge >= 0.3 is 7.12 Å². The van der Waals surface area contributed by atoms with Crippen LogP contribution < -0.4 is 14.9 Å². The van der Waals surface area contributed by atoms with Gasteiger partial charge in [0.15, 0.2) is 0 Å². The first-order chi connectivity index (χ1) is 12.7. The normalized spacial score (nSPS) is 22.4. The summed E-state index contributed by atoms with van der Waals surface area (Å²) in [6.07, 6.45) is 0.485. The third-order valence-electron chi connectivity index (χ3n) is 5.61. The second-order valence-electron chi connectivity index (χ2n) is 8.13. The van der Waals surface area contributed by atoms with Crippen LogP contribution in [0.15, 0.2) is 42.5 Å². The Balaban J connectivity index is 1.46. The van der Waals surface area contributed by atoms with Crippen molar-refractivity contribution in [2.75, 3.05) is 6.61 Å². The molecule has 142 valence electrons. The molecule has 0 radical (unpaired) electrons. The number of para-hydroxylation sites is 1. The zero-order chi connectivity index (χ0) is 19.2. The Labute approximate surface area is 159 Å². The van der Waals surface area contributed by atoms with Crippen molar-refractivity contribution in [3.63, 3.8) is 0 Å². The molecule has 1 atom stereocenters. The van der Waals surface area contributed by atoms with Crippen LogP contribution in [0.5, 0.6) is 11.5 Å². The third-order valence-corrected chi connectivity index (χ3v) is 5.61. The minimum Gasteiger partial charge on any atom is -0.490 e. The number of benzene rings is 2. The number of fused-ring (bicyclic) bond motifs is 1. The molecule has 0 saturated carbocycles. The lowest BCUT2D eigenvalue weighted by Crippen LogP contribution is -2.41. The highest BCUT2D eigenvalue weighted by molar-refractivity contribution is 6.63. The van der Waals surface area contributed by atoms with Crippen LogP contribution in [-0.2, 0) is 15.7 Å². The summed E-state index contributed by atoms with van der Waals surface area (Å²) in [5.74, 6) is 1.19. The van der Waals surface area contributed by atoms with Gasteiger partial charge in [0, 0.05) is 17.4 Å². The van der Waals surface area contributed by atoms with E-state index in [0.717, 1.165) is 16.8 Å². The van der Waals surface area contributed by atoms with E-state index in [1.165, 1.54) is 12.1 Å². The first-order valence-electron chi connectivity index (χ1n) is 9.28. The second-order valence-corrected chi connectivity index (χ2v) is 8.13. The highest BCUT2D eigenvalue weighted by atomic mass is 19.1. The molecule has 27 heavy (non-hydrogen) atoms. The second kappa shape index (κ2) is 6.53. The summed E-state index contributed by atoms with van der Waals surface area (Å²) in [5.41, 5.74) is 0.913. The van der Waals surface area contributed by atoms with Gasteiger partial charge in [-0.2, -0.15) is 0 Å². The zero-order valence-electron chi connectivity index (χ0n) is 16.1.